The van der Waals surface area contributed by atoms with Crippen molar-refractivity contribution in [2.75, 3.05) is 5.32 Å². The number of carbonyl (C=O) groups is 1. The molecule has 0 unspecified atom stereocenters. The number of para-hydroxylation sites is 1. The van der Waals surface area contributed by atoms with Crippen molar-refractivity contribution in [3.8, 4) is 17.3 Å². The summed E-state index contributed by atoms with van der Waals surface area (Å²) in [6.45, 7) is 3.83. The summed E-state index contributed by atoms with van der Waals surface area (Å²) in [7, 11) is 1.79. The molecule has 0 atom stereocenters. The first-order valence-corrected chi connectivity index (χ1v) is 8.43. The molecule has 134 valence electrons. The number of nitrogens with zero attached hydrogens (tertiary/aromatic N) is 4. The molecule has 1 amide bonds. The van der Waals surface area contributed by atoms with Gasteiger partial charge in [-0.1, -0.05) is 18.2 Å². The molecule has 1 aromatic carbocycles. The Hall–Kier alpha value is -3.72. The molecular weight excluding hydrogens is 338 g/mol. The number of aromatic nitrogens is 3. The Bertz CT molecular complexity index is 1040. The van der Waals surface area contributed by atoms with Crippen LogP contribution in [0.1, 0.15) is 16.7 Å². The van der Waals surface area contributed by atoms with E-state index in [9.17, 15) is 10.1 Å². The van der Waals surface area contributed by atoms with Crippen LogP contribution >= 0.6 is 0 Å². The second kappa shape index (κ2) is 7.67. The molecule has 2 aromatic heterocycles. The molecule has 6 nitrogen and oxygen atoms in total. The lowest BCUT2D eigenvalue weighted by molar-refractivity contribution is -0.112. The molecule has 0 spiro atoms. The number of pyridine rings is 1. The van der Waals surface area contributed by atoms with Crippen molar-refractivity contribution in [3.05, 3.63) is 71.2 Å². The molecule has 0 aliphatic carbocycles. The largest absolute Gasteiger partial charge is 0.321 e. The lowest BCUT2D eigenvalue weighted by atomic mass is 10.1. The third-order valence-electron chi connectivity index (χ3n) is 4.18. The van der Waals surface area contributed by atoms with Gasteiger partial charge in [0.25, 0.3) is 5.91 Å². The van der Waals surface area contributed by atoms with Gasteiger partial charge in [0.05, 0.1) is 0 Å². The Kier molecular flexibility index (Phi) is 5.13. The fourth-order valence-electron chi connectivity index (χ4n) is 2.84. The van der Waals surface area contributed by atoms with E-state index in [1.165, 1.54) is 0 Å². The van der Waals surface area contributed by atoms with E-state index < -0.39 is 5.91 Å². The summed E-state index contributed by atoms with van der Waals surface area (Å²) in [6.07, 6.45) is 6.70. The van der Waals surface area contributed by atoms with Crippen molar-refractivity contribution < 1.29 is 4.79 Å². The van der Waals surface area contributed by atoms with Gasteiger partial charge in [-0.25, -0.2) is 0 Å². The molecule has 6 heteroatoms. The Morgan fingerprint density at radius 3 is 2.59 bits per heavy atom. The molecule has 0 aliphatic heterocycles. The number of carbonyl (C=O) groups excluding carboxylic acids is 1. The van der Waals surface area contributed by atoms with Gasteiger partial charge < -0.3 is 5.32 Å². The van der Waals surface area contributed by atoms with E-state index in [2.05, 4.69) is 15.4 Å². The second-order valence-corrected chi connectivity index (χ2v) is 6.24. The highest BCUT2D eigenvalue weighted by Gasteiger charge is 2.15. The first-order chi connectivity index (χ1) is 13.0. The number of amides is 1. The number of hydrogen-bond acceptors (Lipinski definition) is 4. The third-order valence-corrected chi connectivity index (χ3v) is 4.18. The number of nitriles is 1. The van der Waals surface area contributed by atoms with Crippen LogP contribution in [-0.4, -0.2) is 20.7 Å². The Labute approximate surface area is 157 Å². The number of nitrogens with one attached hydrogen (secondary N) is 1. The fourth-order valence-corrected chi connectivity index (χ4v) is 2.84. The normalized spacial score (nSPS) is 11.1. The standard InChI is InChI=1S/C21H19N5O/c1-14-6-4-7-15(2)19(14)24-21(27)17(11-22)10-18-13-26(3)25-20(18)16-8-5-9-23-12-16/h4-10,12-13H,1-3H3,(H,24,27)/b17-10+. The minimum Gasteiger partial charge on any atom is -0.321 e. The average molecular weight is 357 g/mol. The summed E-state index contributed by atoms with van der Waals surface area (Å²) in [6, 6.07) is 11.5. The average Bonchev–Trinajstić information content (AvgIpc) is 3.03. The number of aryl methyl sites for hydroxylation is 3. The lowest BCUT2D eigenvalue weighted by Crippen LogP contribution is -2.15. The quantitative estimate of drug-likeness (QED) is 0.571. The van der Waals surface area contributed by atoms with Crippen molar-refractivity contribution >= 4 is 17.7 Å². The highest BCUT2D eigenvalue weighted by molar-refractivity contribution is 6.10. The topological polar surface area (TPSA) is 83.6 Å². The third kappa shape index (κ3) is 3.93. The molecule has 0 saturated carbocycles. The van der Waals surface area contributed by atoms with Crippen LogP contribution in [-0.2, 0) is 11.8 Å². The molecule has 3 aromatic rings. The highest BCUT2D eigenvalue weighted by atomic mass is 16.1. The van der Waals surface area contributed by atoms with Crippen LogP contribution < -0.4 is 5.32 Å². The minimum atomic E-state index is -0.448. The van der Waals surface area contributed by atoms with Crippen molar-refractivity contribution in [1.29, 1.82) is 5.26 Å². The zero-order chi connectivity index (χ0) is 19.4. The van der Waals surface area contributed by atoms with Crippen LogP contribution in [0, 0.1) is 25.2 Å². The number of benzene rings is 1. The van der Waals surface area contributed by atoms with Crippen LogP contribution in [0.25, 0.3) is 17.3 Å². The van der Waals surface area contributed by atoms with Crippen molar-refractivity contribution in [2.24, 2.45) is 7.05 Å². The Morgan fingerprint density at radius 1 is 1.22 bits per heavy atom. The van der Waals surface area contributed by atoms with Gasteiger partial charge in [-0.15, -0.1) is 0 Å². The van der Waals surface area contributed by atoms with Gasteiger partial charge in [-0.05, 0) is 43.2 Å². The van der Waals surface area contributed by atoms with Gasteiger partial charge in [0.15, 0.2) is 0 Å². The van der Waals surface area contributed by atoms with Crippen LogP contribution in [0.5, 0.6) is 0 Å². The van der Waals surface area contributed by atoms with E-state index in [0.29, 0.717) is 11.3 Å². The summed E-state index contributed by atoms with van der Waals surface area (Å²) in [5.41, 5.74) is 4.78. The van der Waals surface area contributed by atoms with Crippen LogP contribution in [0.15, 0.2) is 54.5 Å². The van der Waals surface area contributed by atoms with Gasteiger partial charge in [0.1, 0.15) is 17.3 Å². The zero-order valence-corrected chi connectivity index (χ0v) is 15.4. The minimum absolute atomic E-state index is 0.00999. The Morgan fingerprint density at radius 2 is 1.96 bits per heavy atom. The fraction of sp³-hybridized carbons (Fsp3) is 0.143. The highest BCUT2D eigenvalue weighted by Crippen LogP contribution is 2.24. The smallest absolute Gasteiger partial charge is 0.266 e. The van der Waals surface area contributed by atoms with Crippen LogP contribution in [0.2, 0.25) is 0 Å². The molecule has 0 radical (unpaired) electrons. The first kappa shape index (κ1) is 18.1. The SMILES string of the molecule is Cc1cccc(C)c1NC(=O)/C(C#N)=C/c1cn(C)nc1-c1cccnc1. The molecule has 3 rings (SSSR count). The van der Waals surface area contributed by atoms with Gasteiger partial charge in [0, 0.05) is 42.5 Å². The van der Waals surface area contributed by atoms with Gasteiger partial charge in [-0.2, -0.15) is 10.4 Å². The molecule has 1 N–H and O–H groups in total. The maximum Gasteiger partial charge on any atom is 0.266 e. The van der Waals surface area contributed by atoms with E-state index >= 15 is 0 Å². The van der Waals surface area contributed by atoms with Gasteiger partial charge in [0.2, 0.25) is 0 Å². The summed E-state index contributed by atoms with van der Waals surface area (Å²) < 4.78 is 1.65. The second-order valence-electron chi connectivity index (χ2n) is 6.24. The molecule has 0 fully saturated rings. The number of anilines is 1. The molecule has 0 bridgehead atoms. The van der Waals surface area contributed by atoms with Crippen molar-refractivity contribution in [1.82, 2.24) is 14.8 Å². The number of hydrogen-bond donors (Lipinski definition) is 1. The molecule has 2 heterocycles. The molecule has 27 heavy (non-hydrogen) atoms. The summed E-state index contributed by atoms with van der Waals surface area (Å²) in [5, 5.41) is 16.8. The monoisotopic (exact) mass is 357 g/mol. The van der Waals surface area contributed by atoms with Gasteiger partial charge in [-0.3, -0.25) is 14.5 Å². The summed E-state index contributed by atoms with van der Waals surface area (Å²) in [5.74, 6) is -0.448. The van der Waals surface area contributed by atoms with E-state index in [0.717, 1.165) is 22.4 Å². The zero-order valence-electron chi connectivity index (χ0n) is 15.4. The van der Waals surface area contributed by atoms with E-state index in [1.54, 1.807) is 36.4 Å². The van der Waals surface area contributed by atoms with E-state index in [-0.39, 0.29) is 5.57 Å². The van der Waals surface area contributed by atoms with Gasteiger partial charge >= 0.3 is 0 Å². The molecule has 0 aliphatic rings. The maximum absolute atomic E-state index is 12.7. The molecule has 0 saturated heterocycles. The van der Waals surface area contributed by atoms with Crippen molar-refractivity contribution in [3.63, 3.8) is 0 Å². The van der Waals surface area contributed by atoms with Crippen molar-refractivity contribution in [2.45, 2.75) is 13.8 Å². The Balaban J connectivity index is 1.96. The predicted molar refractivity (Wildman–Crippen MR) is 105 cm³/mol. The van der Waals surface area contributed by atoms with E-state index in [4.69, 9.17) is 0 Å². The summed E-state index contributed by atoms with van der Waals surface area (Å²) in [4.78, 5) is 16.8. The number of rotatable bonds is 4. The maximum atomic E-state index is 12.7. The first-order valence-electron chi connectivity index (χ1n) is 8.43. The summed E-state index contributed by atoms with van der Waals surface area (Å²) >= 11 is 0. The van der Waals surface area contributed by atoms with E-state index in [1.807, 2.05) is 50.2 Å². The van der Waals surface area contributed by atoms with Crippen LogP contribution in [0.3, 0.4) is 0 Å². The predicted octanol–water partition coefficient (Wildman–Crippen LogP) is 3.64. The van der Waals surface area contributed by atoms with Crippen LogP contribution in [0.4, 0.5) is 5.69 Å². The lowest BCUT2D eigenvalue weighted by Gasteiger charge is -2.10. The molecular formula is C21H19N5O.